The average Bonchev–Trinajstić information content (AvgIpc) is 2.59. The first-order valence-corrected chi connectivity index (χ1v) is 6.67. The first-order valence-electron chi connectivity index (χ1n) is 6.67. The number of hydrogen-bond donors (Lipinski definition) is 1. The van der Waals surface area contributed by atoms with Crippen molar-refractivity contribution in [2.45, 2.75) is 38.1 Å². The summed E-state index contributed by atoms with van der Waals surface area (Å²) in [6.07, 6.45) is 5.90. The molecule has 3 rings (SSSR count). The van der Waals surface area contributed by atoms with Gasteiger partial charge in [-0.05, 0) is 37.2 Å². The highest BCUT2D eigenvalue weighted by molar-refractivity contribution is 5.81. The Bertz CT molecular complexity index is 397. The molecule has 1 aliphatic heterocycles. The van der Waals surface area contributed by atoms with E-state index in [4.69, 9.17) is 0 Å². The Morgan fingerprint density at radius 3 is 2.59 bits per heavy atom. The van der Waals surface area contributed by atoms with Crippen LogP contribution in [0.2, 0.25) is 0 Å². The lowest BCUT2D eigenvalue weighted by Gasteiger charge is -2.30. The average molecular weight is 229 g/mol. The minimum atomic E-state index is 0.197. The quantitative estimate of drug-likeness (QED) is 0.848. The molecule has 1 aromatic rings. The second-order valence-electron chi connectivity index (χ2n) is 5.43. The van der Waals surface area contributed by atoms with Crippen molar-refractivity contribution in [3.05, 3.63) is 35.9 Å². The Kier molecular flexibility index (Phi) is 2.87. The zero-order valence-corrected chi connectivity index (χ0v) is 10.1. The Balaban J connectivity index is 1.62. The summed E-state index contributed by atoms with van der Waals surface area (Å²) in [6.45, 7) is 0. The van der Waals surface area contributed by atoms with Crippen molar-refractivity contribution in [3.8, 4) is 0 Å². The third-order valence-corrected chi connectivity index (χ3v) is 4.28. The maximum atomic E-state index is 11.9. The van der Waals surface area contributed by atoms with E-state index in [1.165, 1.54) is 24.8 Å². The molecular weight excluding hydrogens is 210 g/mol. The summed E-state index contributed by atoms with van der Waals surface area (Å²) < 4.78 is 0. The smallest absolute Gasteiger partial charge is 0.223 e. The lowest BCUT2D eigenvalue weighted by Crippen LogP contribution is -2.36. The summed E-state index contributed by atoms with van der Waals surface area (Å²) in [7, 11) is 0. The molecule has 2 heteroatoms. The Labute approximate surface area is 102 Å². The van der Waals surface area contributed by atoms with Gasteiger partial charge in [0.25, 0.3) is 0 Å². The van der Waals surface area contributed by atoms with Gasteiger partial charge in [0.05, 0.1) is 0 Å². The number of hydrogen-bond acceptors (Lipinski definition) is 1. The lowest BCUT2D eigenvalue weighted by atomic mass is 9.78. The molecule has 1 amide bonds. The van der Waals surface area contributed by atoms with Crippen LogP contribution in [0, 0.1) is 11.8 Å². The van der Waals surface area contributed by atoms with Crippen molar-refractivity contribution in [3.63, 3.8) is 0 Å². The van der Waals surface area contributed by atoms with E-state index in [-0.39, 0.29) is 11.8 Å². The van der Waals surface area contributed by atoms with Gasteiger partial charge in [-0.2, -0.15) is 0 Å². The van der Waals surface area contributed by atoms with Crippen LogP contribution in [0.1, 0.15) is 31.2 Å². The molecule has 2 aliphatic rings. The number of nitrogens with one attached hydrogen (secondary N) is 1. The Morgan fingerprint density at radius 2 is 1.94 bits per heavy atom. The van der Waals surface area contributed by atoms with Crippen molar-refractivity contribution in [1.82, 2.24) is 5.32 Å². The molecular formula is C15H19NO. The first kappa shape index (κ1) is 10.8. The maximum Gasteiger partial charge on any atom is 0.223 e. The molecule has 0 bridgehead atoms. The van der Waals surface area contributed by atoms with Crippen molar-refractivity contribution in [2.24, 2.45) is 11.8 Å². The van der Waals surface area contributed by atoms with E-state index in [9.17, 15) is 4.79 Å². The number of amides is 1. The summed E-state index contributed by atoms with van der Waals surface area (Å²) in [4.78, 5) is 11.9. The standard InChI is InChI=1S/C15H19NO/c17-15-13(9-11-5-2-1-3-6-11)10-14(16-15)12-7-4-8-12/h1-3,5-6,12-14H,4,7-10H2,(H,16,17). The number of carbonyl (C=O) groups excluding carboxylic acids is 1. The summed E-state index contributed by atoms with van der Waals surface area (Å²) in [6, 6.07) is 10.8. The highest BCUT2D eigenvalue weighted by Gasteiger charge is 2.38. The van der Waals surface area contributed by atoms with Crippen LogP contribution in [-0.4, -0.2) is 11.9 Å². The molecule has 1 aromatic carbocycles. The summed E-state index contributed by atoms with van der Waals surface area (Å²) in [5.41, 5.74) is 1.28. The normalized spacial score (nSPS) is 28.8. The zero-order chi connectivity index (χ0) is 11.7. The second-order valence-corrected chi connectivity index (χ2v) is 5.43. The van der Waals surface area contributed by atoms with Crippen LogP contribution in [-0.2, 0) is 11.2 Å². The van der Waals surface area contributed by atoms with Crippen molar-refractivity contribution >= 4 is 5.91 Å². The maximum absolute atomic E-state index is 11.9. The van der Waals surface area contributed by atoms with Gasteiger partial charge in [-0.25, -0.2) is 0 Å². The van der Waals surface area contributed by atoms with Gasteiger partial charge in [0.2, 0.25) is 5.91 Å². The number of carbonyl (C=O) groups is 1. The molecule has 1 aliphatic carbocycles. The molecule has 0 spiro atoms. The van der Waals surface area contributed by atoms with E-state index in [1.807, 2.05) is 18.2 Å². The van der Waals surface area contributed by atoms with E-state index in [2.05, 4.69) is 17.4 Å². The Morgan fingerprint density at radius 1 is 1.18 bits per heavy atom. The molecule has 1 saturated heterocycles. The van der Waals surface area contributed by atoms with Crippen molar-refractivity contribution < 1.29 is 4.79 Å². The van der Waals surface area contributed by atoms with Crippen LogP contribution in [0.15, 0.2) is 30.3 Å². The highest BCUT2D eigenvalue weighted by Crippen LogP contribution is 2.35. The lowest BCUT2D eigenvalue weighted by molar-refractivity contribution is -0.122. The van der Waals surface area contributed by atoms with Crippen LogP contribution in [0.3, 0.4) is 0 Å². The summed E-state index contributed by atoms with van der Waals surface area (Å²) >= 11 is 0. The van der Waals surface area contributed by atoms with Crippen molar-refractivity contribution in [2.75, 3.05) is 0 Å². The minimum Gasteiger partial charge on any atom is -0.353 e. The molecule has 1 heterocycles. The molecule has 0 aromatic heterocycles. The zero-order valence-electron chi connectivity index (χ0n) is 10.1. The van der Waals surface area contributed by atoms with E-state index < -0.39 is 0 Å². The molecule has 2 fully saturated rings. The first-order chi connectivity index (χ1) is 8.33. The summed E-state index contributed by atoms with van der Waals surface area (Å²) in [5.74, 6) is 1.23. The molecule has 1 saturated carbocycles. The fraction of sp³-hybridized carbons (Fsp3) is 0.533. The predicted octanol–water partition coefficient (Wildman–Crippen LogP) is 2.53. The van der Waals surface area contributed by atoms with Gasteiger partial charge in [-0.15, -0.1) is 0 Å². The Hall–Kier alpha value is -1.31. The SMILES string of the molecule is O=C1NC(C2CCC2)CC1Cc1ccccc1. The highest BCUT2D eigenvalue weighted by atomic mass is 16.2. The van der Waals surface area contributed by atoms with E-state index >= 15 is 0 Å². The van der Waals surface area contributed by atoms with Crippen molar-refractivity contribution in [1.29, 1.82) is 0 Å². The van der Waals surface area contributed by atoms with Crippen LogP contribution < -0.4 is 5.32 Å². The fourth-order valence-corrected chi connectivity index (χ4v) is 3.00. The van der Waals surface area contributed by atoms with Gasteiger partial charge in [0.1, 0.15) is 0 Å². The third kappa shape index (κ3) is 2.21. The second kappa shape index (κ2) is 4.52. The molecule has 2 atom stereocenters. The van der Waals surface area contributed by atoms with Crippen LogP contribution in [0.5, 0.6) is 0 Å². The van der Waals surface area contributed by atoms with Crippen LogP contribution >= 0.6 is 0 Å². The van der Waals surface area contributed by atoms with E-state index in [0.29, 0.717) is 6.04 Å². The topological polar surface area (TPSA) is 29.1 Å². The largest absolute Gasteiger partial charge is 0.353 e. The van der Waals surface area contributed by atoms with Crippen LogP contribution in [0.25, 0.3) is 0 Å². The molecule has 17 heavy (non-hydrogen) atoms. The fourth-order valence-electron chi connectivity index (χ4n) is 3.00. The van der Waals surface area contributed by atoms with E-state index in [0.717, 1.165) is 18.8 Å². The predicted molar refractivity (Wildman–Crippen MR) is 67.5 cm³/mol. The van der Waals surface area contributed by atoms with Gasteiger partial charge in [-0.1, -0.05) is 36.8 Å². The van der Waals surface area contributed by atoms with Gasteiger partial charge in [0.15, 0.2) is 0 Å². The molecule has 90 valence electrons. The third-order valence-electron chi connectivity index (χ3n) is 4.28. The van der Waals surface area contributed by atoms with Gasteiger partial charge < -0.3 is 5.32 Å². The van der Waals surface area contributed by atoms with Gasteiger partial charge in [0, 0.05) is 12.0 Å². The van der Waals surface area contributed by atoms with Crippen LogP contribution in [0.4, 0.5) is 0 Å². The monoisotopic (exact) mass is 229 g/mol. The molecule has 2 nitrogen and oxygen atoms in total. The summed E-state index contributed by atoms with van der Waals surface area (Å²) in [5, 5.41) is 3.19. The van der Waals surface area contributed by atoms with Gasteiger partial charge in [-0.3, -0.25) is 4.79 Å². The molecule has 1 N–H and O–H groups in total. The molecule has 0 radical (unpaired) electrons. The number of rotatable bonds is 3. The molecule has 2 unspecified atom stereocenters. The van der Waals surface area contributed by atoms with E-state index in [1.54, 1.807) is 0 Å². The number of benzene rings is 1. The van der Waals surface area contributed by atoms with Gasteiger partial charge >= 0.3 is 0 Å². The minimum absolute atomic E-state index is 0.197.